The van der Waals surface area contributed by atoms with Gasteiger partial charge in [0.15, 0.2) is 12.3 Å². The Balaban J connectivity index is 1.50. The lowest BCUT2D eigenvalue weighted by Crippen LogP contribution is -2.37. The number of benzene rings is 2. The van der Waals surface area contributed by atoms with Gasteiger partial charge in [0, 0.05) is 16.6 Å². The molecule has 2 N–H and O–H groups in total. The molecule has 3 rings (SSSR count). The van der Waals surface area contributed by atoms with E-state index >= 15 is 0 Å². The van der Waals surface area contributed by atoms with E-state index in [9.17, 15) is 14.4 Å². The van der Waals surface area contributed by atoms with Gasteiger partial charge in [-0.25, -0.2) is 14.6 Å². The van der Waals surface area contributed by atoms with Crippen LogP contribution in [-0.4, -0.2) is 29.5 Å². The van der Waals surface area contributed by atoms with E-state index in [0.29, 0.717) is 10.7 Å². The molecule has 1 aromatic heterocycles. The third-order valence-corrected chi connectivity index (χ3v) is 5.12. The fraction of sp³-hybridized carbons (Fsp3) is 0.182. The smallest absolute Gasteiger partial charge is 0.358 e. The van der Waals surface area contributed by atoms with Gasteiger partial charge in [0.2, 0.25) is 0 Å². The molecule has 0 saturated heterocycles. The average molecular weight is 423 g/mol. The standard InChI is InChI=1S/C22H21N3O4S/c1-13-4-7-16(8-5-13)20-23-18(12-30-20)21(27)29-11-19(26)25-22(28)24-17-9-6-14(2)10-15(17)3/h4-10,12H,11H2,1-3H3,(H2,24,25,26,28). The summed E-state index contributed by atoms with van der Waals surface area (Å²) in [6, 6.07) is 12.6. The quantitative estimate of drug-likeness (QED) is 0.598. The molecule has 3 amide bonds. The molecule has 1 heterocycles. The van der Waals surface area contributed by atoms with Crippen LogP contribution in [0.3, 0.4) is 0 Å². The number of carbonyl (C=O) groups is 3. The second-order valence-electron chi connectivity index (χ2n) is 6.80. The van der Waals surface area contributed by atoms with Crippen molar-refractivity contribution in [3.8, 4) is 10.6 Å². The summed E-state index contributed by atoms with van der Waals surface area (Å²) in [5.41, 5.74) is 4.66. The molecule has 8 heteroatoms. The van der Waals surface area contributed by atoms with Crippen molar-refractivity contribution in [3.05, 3.63) is 70.2 Å². The second kappa shape index (κ2) is 9.32. The minimum Gasteiger partial charge on any atom is -0.451 e. The molecule has 2 aromatic carbocycles. The molecule has 0 bridgehead atoms. The number of nitrogens with zero attached hydrogens (tertiary/aromatic N) is 1. The van der Waals surface area contributed by atoms with Gasteiger partial charge in [-0.1, -0.05) is 47.5 Å². The Labute approximate surface area is 178 Å². The van der Waals surface area contributed by atoms with E-state index in [0.717, 1.165) is 22.3 Å². The normalized spacial score (nSPS) is 10.4. The van der Waals surface area contributed by atoms with Crippen LogP contribution in [-0.2, 0) is 9.53 Å². The molecule has 0 atom stereocenters. The van der Waals surface area contributed by atoms with Crippen molar-refractivity contribution < 1.29 is 19.1 Å². The Morgan fingerprint density at radius 3 is 2.40 bits per heavy atom. The van der Waals surface area contributed by atoms with Crippen molar-refractivity contribution in [1.29, 1.82) is 0 Å². The molecule has 0 saturated carbocycles. The lowest BCUT2D eigenvalue weighted by Gasteiger charge is -2.10. The molecule has 154 valence electrons. The van der Waals surface area contributed by atoms with E-state index in [4.69, 9.17) is 4.74 Å². The maximum Gasteiger partial charge on any atom is 0.358 e. The predicted octanol–water partition coefficient (Wildman–Crippen LogP) is 4.24. The summed E-state index contributed by atoms with van der Waals surface area (Å²) >= 11 is 1.31. The maximum absolute atomic E-state index is 12.1. The second-order valence-corrected chi connectivity index (χ2v) is 7.66. The maximum atomic E-state index is 12.1. The number of rotatable bonds is 5. The van der Waals surface area contributed by atoms with Gasteiger partial charge >= 0.3 is 12.0 Å². The van der Waals surface area contributed by atoms with Crippen LogP contribution < -0.4 is 10.6 Å². The minimum atomic E-state index is -0.736. The molecule has 30 heavy (non-hydrogen) atoms. The zero-order valence-electron chi connectivity index (χ0n) is 16.8. The van der Waals surface area contributed by atoms with Crippen molar-refractivity contribution in [1.82, 2.24) is 10.3 Å². The Morgan fingerprint density at radius 2 is 1.70 bits per heavy atom. The first-order chi connectivity index (χ1) is 14.3. The van der Waals surface area contributed by atoms with Gasteiger partial charge in [0.1, 0.15) is 5.01 Å². The number of esters is 1. The van der Waals surface area contributed by atoms with Gasteiger partial charge in [-0.05, 0) is 32.4 Å². The molecule has 0 radical (unpaired) electrons. The monoisotopic (exact) mass is 423 g/mol. The summed E-state index contributed by atoms with van der Waals surface area (Å²) in [5, 5.41) is 6.97. The van der Waals surface area contributed by atoms with Gasteiger partial charge in [0.05, 0.1) is 0 Å². The van der Waals surface area contributed by atoms with Crippen LogP contribution >= 0.6 is 11.3 Å². The summed E-state index contributed by atoms with van der Waals surface area (Å²) in [7, 11) is 0. The van der Waals surface area contributed by atoms with Crippen LogP contribution in [0.15, 0.2) is 47.8 Å². The first kappa shape index (κ1) is 21.2. The lowest BCUT2D eigenvalue weighted by molar-refractivity contribution is -0.123. The van der Waals surface area contributed by atoms with Crippen LogP contribution in [0.4, 0.5) is 10.5 Å². The summed E-state index contributed by atoms with van der Waals surface area (Å²) in [5.74, 6) is -1.46. The van der Waals surface area contributed by atoms with Crippen molar-refractivity contribution in [2.24, 2.45) is 0 Å². The van der Waals surface area contributed by atoms with Crippen LogP contribution in [0.5, 0.6) is 0 Å². The molecule has 0 spiro atoms. The first-order valence-corrected chi connectivity index (χ1v) is 10.1. The van der Waals surface area contributed by atoms with Gasteiger partial charge in [-0.3, -0.25) is 10.1 Å². The van der Waals surface area contributed by atoms with Gasteiger partial charge in [0.25, 0.3) is 5.91 Å². The molecule has 7 nitrogen and oxygen atoms in total. The average Bonchev–Trinajstić information content (AvgIpc) is 3.19. The molecule has 0 aliphatic rings. The number of hydrogen-bond donors (Lipinski definition) is 2. The molecular formula is C22H21N3O4S. The zero-order valence-corrected chi connectivity index (χ0v) is 17.6. The number of hydrogen-bond acceptors (Lipinski definition) is 6. The van der Waals surface area contributed by atoms with Crippen molar-refractivity contribution in [2.75, 3.05) is 11.9 Å². The third-order valence-electron chi connectivity index (χ3n) is 4.23. The van der Waals surface area contributed by atoms with E-state index in [2.05, 4.69) is 15.6 Å². The molecular weight excluding hydrogens is 402 g/mol. The van der Waals surface area contributed by atoms with E-state index in [-0.39, 0.29) is 5.69 Å². The number of urea groups is 1. The van der Waals surface area contributed by atoms with Crippen LogP contribution in [0.25, 0.3) is 10.6 Å². The SMILES string of the molecule is Cc1ccc(-c2nc(C(=O)OCC(=O)NC(=O)Nc3ccc(C)cc3C)cs2)cc1. The minimum absolute atomic E-state index is 0.114. The molecule has 3 aromatic rings. The number of ether oxygens (including phenoxy) is 1. The van der Waals surface area contributed by atoms with E-state index in [1.54, 1.807) is 11.4 Å². The number of thiazole rings is 1. The summed E-state index contributed by atoms with van der Waals surface area (Å²) in [4.78, 5) is 40.3. The summed E-state index contributed by atoms with van der Waals surface area (Å²) < 4.78 is 4.96. The molecule has 0 fully saturated rings. The van der Waals surface area contributed by atoms with Gasteiger partial charge < -0.3 is 10.1 Å². The highest BCUT2D eigenvalue weighted by molar-refractivity contribution is 7.13. The molecule has 0 unspecified atom stereocenters. The van der Waals surface area contributed by atoms with E-state index in [1.807, 2.05) is 57.2 Å². The van der Waals surface area contributed by atoms with Crippen molar-refractivity contribution >= 4 is 34.9 Å². The highest BCUT2D eigenvalue weighted by atomic mass is 32.1. The summed E-state index contributed by atoms with van der Waals surface area (Å²) in [6.07, 6.45) is 0. The highest BCUT2D eigenvalue weighted by Gasteiger charge is 2.16. The van der Waals surface area contributed by atoms with Crippen LogP contribution in [0.2, 0.25) is 0 Å². The fourth-order valence-corrected chi connectivity index (χ4v) is 3.47. The van der Waals surface area contributed by atoms with Gasteiger partial charge in [-0.15, -0.1) is 11.3 Å². The molecule has 0 aliphatic carbocycles. The first-order valence-electron chi connectivity index (χ1n) is 9.19. The van der Waals surface area contributed by atoms with Gasteiger partial charge in [-0.2, -0.15) is 0 Å². The highest BCUT2D eigenvalue weighted by Crippen LogP contribution is 2.24. The van der Waals surface area contributed by atoms with Crippen molar-refractivity contribution in [3.63, 3.8) is 0 Å². The Hall–Kier alpha value is -3.52. The number of anilines is 1. The number of aryl methyl sites for hydroxylation is 3. The largest absolute Gasteiger partial charge is 0.451 e. The number of nitrogens with one attached hydrogen (secondary N) is 2. The fourth-order valence-electron chi connectivity index (χ4n) is 2.67. The van der Waals surface area contributed by atoms with Crippen LogP contribution in [0.1, 0.15) is 27.2 Å². The third kappa shape index (κ3) is 5.51. The number of amides is 3. The Kier molecular flexibility index (Phi) is 6.58. The van der Waals surface area contributed by atoms with Crippen molar-refractivity contribution in [2.45, 2.75) is 20.8 Å². The summed E-state index contributed by atoms with van der Waals surface area (Å²) in [6.45, 7) is 5.20. The Bertz CT molecular complexity index is 1090. The predicted molar refractivity (Wildman–Crippen MR) is 116 cm³/mol. The van der Waals surface area contributed by atoms with E-state index < -0.39 is 24.5 Å². The van der Waals surface area contributed by atoms with Crippen LogP contribution in [0, 0.1) is 20.8 Å². The number of carbonyl (C=O) groups excluding carboxylic acids is 3. The number of aromatic nitrogens is 1. The molecule has 0 aliphatic heterocycles. The number of imide groups is 1. The Morgan fingerprint density at radius 1 is 1.00 bits per heavy atom. The zero-order chi connectivity index (χ0) is 21.7. The topological polar surface area (TPSA) is 97.4 Å². The lowest BCUT2D eigenvalue weighted by atomic mass is 10.1. The van der Waals surface area contributed by atoms with E-state index in [1.165, 1.54) is 11.3 Å².